The number of benzene rings is 3. The molecule has 0 N–H and O–H groups in total. The molecule has 1 heterocycles. The standard InChI is InChI=1S/C25H21Cl2N3O5S2/c1-29(14-16-6-4-3-5-7-16)37(33,34)18-10-8-17(9-11-18)24(32)28-25-30(15-21(31)35-2)23-20(36-25)13-12-19(26)22(23)27/h3-13H,14-15H2,1-2H3. The Labute approximate surface area is 227 Å². The molecule has 192 valence electrons. The fourth-order valence-electron chi connectivity index (χ4n) is 3.56. The fraction of sp³-hybridized carbons (Fsp3) is 0.160. The molecule has 0 aliphatic heterocycles. The molecule has 0 bridgehead atoms. The number of methoxy groups -OCH3 is 1. The van der Waals surface area contributed by atoms with Crippen LogP contribution >= 0.6 is 34.5 Å². The average Bonchev–Trinajstić information content (AvgIpc) is 3.23. The van der Waals surface area contributed by atoms with E-state index in [9.17, 15) is 18.0 Å². The third kappa shape index (κ3) is 5.78. The predicted molar refractivity (Wildman–Crippen MR) is 143 cm³/mol. The highest BCUT2D eigenvalue weighted by Gasteiger charge is 2.22. The highest BCUT2D eigenvalue weighted by molar-refractivity contribution is 7.89. The summed E-state index contributed by atoms with van der Waals surface area (Å²) in [6, 6.07) is 18.1. The van der Waals surface area contributed by atoms with Gasteiger partial charge in [-0.05, 0) is 42.0 Å². The van der Waals surface area contributed by atoms with Crippen molar-refractivity contribution in [3.63, 3.8) is 0 Å². The monoisotopic (exact) mass is 577 g/mol. The van der Waals surface area contributed by atoms with Crippen molar-refractivity contribution in [3.8, 4) is 0 Å². The number of aromatic nitrogens is 1. The first-order valence-corrected chi connectivity index (χ1v) is 13.9. The maximum Gasteiger partial charge on any atom is 0.325 e. The maximum atomic E-state index is 13.0. The van der Waals surface area contributed by atoms with Gasteiger partial charge in [-0.3, -0.25) is 9.59 Å². The molecule has 0 aliphatic rings. The molecule has 1 aromatic heterocycles. The summed E-state index contributed by atoms with van der Waals surface area (Å²) in [5.74, 6) is -1.17. The molecule has 0 saturated heterocycles. The van der Waals surface area contributed by atoms with E-state index in [1.54, 1.807) is 12.1 Å². The van der Waals surface area contributed by atoms with Crippen LogP contribution in [0.5, 0.6) is 0 Å². The average molecular weight is 578 g/mol. The molecular formula is C25H21Cl2N3O5S2. The van der Waals surface area contributed by atoms with E-state index in [2.05, 4.69) is 4.99 Å². The molecule has 4 rings (SSSR count). The van der Waals surface area contributed by atoms with Crippen molar-refractivity contribution in [1.29, 1.82) is 0 Å². The van der Waals surface area contributed by atoms with Gasteiger partial charge in [0, 0.05) is 19.2 Å². The SMILES string of the molecule is COC(=O)Cn1c(=NC(=O)c2ccc(S(=O)(=O)N(C)Cc3ccccc3)cc2)sc2ccc(Cl)c(Cl)c21. The molecule has 0 saturated carbocycles. The van der Waals surface area contributed by atoms with E-state index in [0.717, 1.165) is 16.9 Å². The summed E-state index contributed by atoms with van der Waals surface area (Å²) in [7, 11) is -1.03. The van der Waals surface area contributed by atoms with Crippen molar-refractivity contribution in [3.05, 3.63) is 92.7 Å². The van der Waals surface area contributed by atoms with Crippen molar-refractivity contribution in [2.24, 2.45) is 4.99 Å². The number of fused-ring (bicyclic) bond motifs is 1. The van der Waals surface area contributed by atoms with Crippen LogP contribution in [0.15, 0.2) is 76.6 Å². The molecule has 12 heteroatoms. The number of carbonyl (C=O) groups is 2. The number of hydrogen-bond donors (Lipinski definition) is 0. The first kappa shape index (κ1) is 27.0. The molecule has 37 heavy (non-hydrogen) atoms. The Hall–Kier alpha value is -3.02. The number of halogens is 2. The smallest absolute Gasteiger partial charge is 0.325 e. The molecule has 3 aromatic carbocycles. The van der Waals surface area contributed by atoms with Crippen molar-refractivity contribution < 1.29 is 22.7 Å². The number of carbonyl (C=O) groups excluding carboxylic acids is 2. The zero-order valence-corrected chi connectivity index (χ0v) is 22.9. The molecule has 1 amide bonds. The minimum absolute atomic E-state index is 0.0477. The van der Waals surface area contributed by atoms with Gasteiger partial charge in [-0.2, -0.15) is 9.30 Å². The summed E-state index contributed by atoms with van der Waals surface area (Å²) < 4.78 is 34.1. The van der Waals surface area contributed by atoms with Gasteiger partial charge in [0.15, 0.2) is 4.80 Å². The summed E-state index contributed by atoms with van der Waals surface area (Å²) in [6.45, 7) is -0.0223. The fourth-order valence-corrected chi connectivity index (χ4v) is 6.23. The summed E-state index contributed by atoms with van der Waals surface area (Å²) in [5, 5.41) is 0.514. The second-order valence-electron chi connectivity index (χ2n) is 7.94. The van der Waals surface area contributed by atoms with Crippen molar-refractivity contribution in [2.75, 3.05) is 14.2 Å². The van der Waals surface area contributed by atoms with Crippen LogP contribution in [0.3, 0.4) is 0 Å². The number of thiazole rings is 1. The Morgan fingerprint density at radius 1 is 1.03 bits per heavy atom. The second kappa shape index (κ2) is 11.2. The largest absolute Gasteiger partial charge is 0.468 e. The molecule has 0 fully saturated rings. The van der Waals surface area contributed by atoms with Crippen molar-refractivity contribution >= 4 is 66.7 Å². The van der Waals surface area contributed by atoms with Gasteiger partial charge >= 0.3 is 5.97 Å². The lowest BCUT2D eigenvalue weighted by Gasteiger charge is -2.17. The van der Waals surface area contributed by atoms with Crippen LogP contribution < -0.4 is 4.80 Å². The topological polar surface area (TPSA) is 98.0 Å². The van der Waals surface area contributed by atoms with Gasteiger partial charge in [0.05, 0.1) is 32.3 Å². The highest BCUT2D eigenvalue weighted by atomic mass is 35.5. The molecule has 4 aromatic rings. The number of nitrogens with zero attached hydrogens (tertiary/aromatic N) is 3. The number of sulfonamides is 1. The van der Waals surface area contributed by atoms with E-state index in [0.29, 0.717) is 10.2 Å². The minimum atomic E-state index is -3.78. The maximum absolute atomic E-state index is 13.0. The Kier molecular flexibility index (Phi) is 8.15. The van der Waals surface area contributed by atoms with Crippen LogP contribution in [0.1, 0.15) is 15.9 Å². The van der Waals surface area contributed by atoms with E-state index in [1.165, 1.54) is 47.3 Å². The number of hydrogen-bond acceptors (Lipinski definition) is 6. The molecule has 0 atom stereocenters. The lowest BCUT2D eigenvalue weighted by atomic mass is 10.2. The van der Waals surface area contributed by atoms with Crippen LogP contribution in [0.2, 0.25) is 10.0 Å². The van der Waals surface area contributed by atoms with Gasteiger partial charge in [0.25, 0.3) is 5.91 Å². The quantitative estimate of drug-likeness (QED) is 0.295. The van der Waals surface area contributed by atoms with E-state index >= 15 is 0 Å². The van der Waals surface area contributed by atoms with E-state index in [1.807, 2.05) is 30.3 Å². The highest BCUT2D eigenvalue weighted by Crippen LogP contribution is 2.32. The number of esters is 1. The Balaban J connectivity index is 1.65. The van der Waals surface area contributed by atoms with Gasteiger partial charge in [-0.25, -0.2) is 8.42 Å². The number of ether oxygens (including phenoxy) is 1. The van der Waals surface area contributed by atoms with Gasteiger partial charge in [0.1, 0.15) is 6.54 Å². The Morgan fingerprint density at radius 3 is 2.35 bits per heavy atom. The van der Waals surface area contributed by atoms with Crippen LogP contribution in [0.4, 0.5) is 0 Å². The normalized spacial score (nSPS) is 12.3. The third-order valence-electron chi connectivity index (χ3n) is 5.50. The predicted octanol–water partition coefficient (Wildman–Crippen LogP) is 4.74. The third-order valence-corrected chi connectivity index (χ3v) is 9.16. The second-order valence-corrected chi connectivity index (χ2v) is 11.8. The van der Waals surface area contributed by atoms with Gasteiger partial charge in [-0.1, -0.05) is 64.9 Å². The van der Waals surface area contributed by atoms with Gasteiger partial charge in [0.2, 0.25) is 10.0 Å². The zero-order chi connectivity index (χ0) is 26.7. The lowest BCUT2D eigenvalue weighted by Crippen LogP contribution is -2.26. The molecule has 0 radical (unpaired) electrons. The Bertz CT molecular complexity index is 1650. The molecule has 8 nitrogen and oxygen atoms in total. The van der Waals surface area contributed by atoms with E-state index in [4.69, 9.17) is 27.9 Å². The van der Waals surface area contributed by atoms with Crippen LogP contribution in [-0.2, 0) is 32.6 Å². The van der Waals surface area contributed by atoms with Crippen LogP contribution in [0, 0.1) is 0 Å². The minimum Gasteiger partial charge on any atom is -0.468 e. The number of rotatable bonds is 7. The summed E-state index contributed by atoms with van der Waals surface area (Å²) in [4.78, 5) is 29.4. The van der Waals surface area contributed by atoms with Crippen molar-refractivity contribution in [2.45, 2.75) is 18.0 Å². The number of amides is 1. The van der Waals surface area contributed by atoms with Crippen LogP contribution in [0.25, 0.3) is 10.2 Å². The first-order chi connectivity index (χ1) is 17.6. The van der Waals surface area contributed by atoms with Crippen molar-refractivity contribution in [1.82, 2.24) is 8.87 Å². The molecule has 0 aliphatic carbocycles. The molecular weight excluding hydrogens is 557 g/mol. The summed E-state index contributed by atoms with van der Waals surface area (Å²) in [6.07, 6.45) is 0. The van der Waals surface area contributed by atoms with E-state index in [-0.39, 0.29) is 38.4 Å². The molecule has 0 unspecified atom stereocenters. The van der Waals surface area contributed by atoms with E-state index < -0.39 is 21.9 Å². The van der Waals surface area contributed by atoms with Crippen LogP contribution in [-0.4, -0.2) is 43.3 Å². The summed E-state index contributed by atoms with van der Waals surface area (Å²) in [5.41, 5.74) is 1.49. The lowest BCUT2D eigenvalue weighted by molar-refractivity contribution is -0.141. The van der Waals surface area contributed by atoms with Gasteiger partial charge in [-0.15, -0.1) is 0 Å². The zero-order valence-electron chi connectivity index (χ0n) is 19.7. The summed E-state index contributed by atoms with van der Waals surface area (Å²) >= 11 is 13.7. The van der Waals surface area contributed by atoms with Gasteiger partial charge < -0.3 is 9.30 Å². The first-order valence-electron chi connectivity index (χ1n) is 10.9. The molecule has 0 spiro atoms. The Morgan fingerprint density at radius 2 is 1.70 bits per heavy atom.